The molecule has 0 saturated carbocycles. The summed E-state index contributed by atoms with van der Waals surface area (Å²) >= 11 is 0. The zero-order valence-electron chi connectivity index (χ0n) is 11.0. The second-order valence-electron chi connectivity index (χ2n) is 5.11. The van der Waals surface area contributed by atoms with Crippen molar-refractivity contribution in [3.8, 4) is 11.3 Å². The zero-order chi connectivity index (χ0) is 14.1. The number of fused-ring (bicyclic) bond motifs is 1. The van der Waals surface area contributed by atoms with Gasteiger partial charge in [0.25, 0.3) is 5.56 Å². The second kappa shape index (κ2) is 4.96. The van der Waals surface area contributed by atoms with Gasteiger partial charge >= 0.3 is 5.97 Å². The molecule has 102 valence electrons. The number of H-pyrrole nitrogens is 1. The summed E-state index contributed by atoms with van der Waals surface area (Å²) in [6.45, 7) is 0. The third-order valence-electron chi connectivity index (χ3n) is 3.80. The van der Waals surface area contributed by atoms with E-state index < -0.39 is 11.5 Å². The van der Waals surface area contributed by atoms with Crippen LogP contribution in [0.25, 0.3) is 11.3 Å². The number of carboxylic acid groups (broad SMARTS) is 1. The fourth-order valence-electron chi connectivity index (χ4n) is 2.71. The van der Waals surface area contributed by atoms with Gasteiger partial charge in [-0.25, -0.2) is 4.79 Å². The van der Waals surface area contributed by atoms with Crippen molar-refractivity contribution in [2.45, 2.75) is 25.7 Å². The Bertz CT molecular complexity index is 731. The highest BCUT2D eigenvalue weighted by Crippen LogP contribution is 2.26. The highest BCUT2D eigenvalue weighted by molar-refractivity contribution is 5.87. The van der Waals surface area contributed by atoms with E-state index in [0.717, 1.165) is 18.4 Å². The van der Waals surface area contributed by atoms with Crippen molar-refractivity contribution >= 4 is 5.97 Å². The Kier molecular flexibility index (Phi) is 3.14. The van der Waals surface area contributed by atoms with Crippen LogP contribution in [0.1, 0.15) is 34.3 Å². The van der Waals surface area contributed by atoms with Gasteiger partial charge in [0.1, 0.15) is 5.56 Å². The molecule has 0 aliphatic heterocycles. The summed E-state index contributed by atoms with van der Waals surface area (Å²) in [6, 6.07) is 9.19. The Morgan fingerprint density at radius 3 is 2.50 bits per heavy atom. The molecule has 20 heavy (non-hydrogen) atoms. The maximum atomic E-state index is 11.7. The summed E-state index contributed by atoms with van der Waals surface area (Å²) in [6.07, 6.45) is 4.62. The summed E-state index contributed by atoms with van der Waals surface area (Å²) < 4.78 is 0. The van der Waals surface area contributed by atoms with Crippen molar-refractivity contribution in [3.05, 3.63) is 57.4 Å². The molecule has 0 spiro atoms. The number of nitrogens with one attached hydrogen (secondary N) is 1. The fraction of sp³-hybridized carbons (Fsp3) is 0.250. The first kappa shape index (κ1) is 12.7. The monoisotopic (exact) mass is 269 g/mol. The van der Waals surface area contributed by atoms with Crippen LogP contribution in [0, 0.1) is 0 Å². The number of pyridine rings is 1. The number of aromatic nitrogens is 1. The molecule has 0 atom stereocenters. The van der Waals surface area contributed by atoms with Gasteiger partial charge in [0, 0.05) is 5.69 Å². The van der Waals surface area contributed by atoms with Crippen molar-refractivity contribution in [1.29, 1.82) is 0 Å². The van der Waals surface area contributed by atoms with Crippen LogP contribution in [0.2, 0.25) is 0 Å². The molecule has 3 rings (SSSR count). The first-order chi connectivity index (χ1) is 9.65. The molecular formula is C16H15NO3. The normalized spacial score (nSPS) is 13.8. The van der Waals surface area contributed by atoms with Crippen molar-refractivity contribution in [3.63, 3.8) is 0 Å². The Morgan fingerprint density at radius 1 is 1.05 bits per heavy atom. The van der Waals surface area contributed by atoms with E-state index >= 15 is 0 Å². The number of aromatic carboxylic acids is 1. The van der Waals surface area contributed by atoms with E-state index in [1.165, 1.54) is 30.0 Å². The molecule has 2 aromatic rings. The van der Waals surface area contributed by atoms with Crippen LogP contribution >= 0.6 is 0 Å². The molecule has 0 saturated heterocycles. The second-order valence-corrected chi connectivity index (χ2v) is 5.11. The van der Waals surface area contributed by atoms with Gasteiger partial charge < -0.3 is 10.1 Å². The van der Waals surface area contributed by atoms with Gasteiger partial charge in [-0.3, -0.25) is 4.79 Å². The minimum absolute atomic E-state index is 0.230. The molecule has 1 heterocycles. The van der Waals surface area contributed by atoms with Crippen LogP contribution in [0.5, 0.6) is 0 Å². The number of hydrogen-bond donors (Lipinski definition) is 2. The summed E-state index contributed by atoms with van der Waals surface area (Å²) in [5.41, 5.74) is 3.51. The molecule has 0 bridgehead atoms. The molecule has 0 amide bonds. The Balaban J connectivity index is 2.03. The molecule has 1 aromatic carbocycles. The summed E-state index contributed by atoms with van der Waals surface area (Å²) in [5, 5.41) is 8.87. The SMILES string of the molecule is O=C(O)c1ccc(-c2ccc3c(c2)CCCC3)[nH]c1=O. The number of aryl methyl sites for hydroxylation is 2. The topological polar surface area (TPSA) is 70.2 Å². The highest BCUT2D eigenvalue weighted by atomic mass is 16.4. The lowest BCUT2D eigenvalue weighted by atomic mass is 9.90. The largest absolute Gasteiger partial charge is 0.477 e. The Hall–Kier alpha value is -2.36. The average molecular weight is 269 g/mol. The molecule has 0 radical (unpaired) electrons. The lowest BCUT2D eigenvalue weighted by molar-refractivity contribution is 0.0695. The molecule has 1 aliphatic rings. The molecular weight excluding hydrogens is 254 g/mol. The van der Waals surface area contributed by atoms with E-state index in [4.69, 9.17) is 5.11 Å². The smallest absolute Gasteiger partial charge is 0.341 e. The van der Waals surface area contributed by atoms with Crippen molar-refractivity contribution in [2.75, 3.05) is 0 Å². The van der Waals surface area contributed by atoms with Gasteiger partial charge in [-0.15, -0.1) is 0 Å². The number of hydrogen-bond acceptors (Lipinski definition) is 2. The van der Waals surface area contributed by atoms with Crippen molar-refractivity contribution in [2.24, 2.45) is 0 Å². The minimum atomic E-state index is -1.21. The third kappa shape index (κ3) is 2.25. The van der Waals surface area contributed by atoms with Gasteiger partial charge in [0.15, 0.2) is 0 Å². The summed E-state index contributed by atoms with van der Waals surface area (Å²) in [4.78, 5) is 25.2. The number of carboxylic acids is 1. The highest BCUT2D eigenvalue weighted by Gasteiger charge is 2.12. The fourth-order valence-corrected chi connectivity index (χ4v) is 2.71. The number of carbonyl (C=O) groups is 1. The third-order valence-corrected chi connectivity index (χ3v) is 3.80. The van der Waals surface area contributed by atoms with Crippen LogP contribution in [0.4, 0.5) is 0 Å². The van der Waals surface area contributed by atoms with Gasteiger partial charge in [-0.1, -0.05) is 12.1 Å². The maximum absolute atomic E-state index is 11.7. The number of aromatic amines is 1. The Labute approximate surface area is 116 Å². The lowest BCUT2D eigenvalue weighted by Gasteiger charge is -2.16. The average Bonchev–Trinajstić information content (AvgIpc) is 2.46. The van der Waals surface area contributed by atoms with Crippen molar-refractivity contribution < 1.29 is 9.90 Å². The van der Waals surface area contributed by atoms with E-state index in [2.05, 4.69) is 17.1 Å². The van der Waals surface area contributed by atoms with Crippen LogP contribution in [0.3, 0.4) is 0 Å². The zero-order valence-corrected chi connectivity index (χ0v) is 11.0. The van der Waals surface area contributed by atoms with E-state index in [-0.39, 0.29) is 5.56 Å². The Morgan fingerprint density at radius 2 is 1.80 bits per heavy atom. The standard InChI is InChI=1S/C16H15NO3/c18-15-13(16(19)20)7-8-14(17-15)12-6-5-10-3-1-2-4-11(10)9-12/h5-9H,1-4H2,(H,17,18)(H,19,20). The predicted molar refractivity (Wildman–Crippen MR) is 76.1 cm³/mol. The van der Waals surface area contributed by atoms with E-state index in [1.54, 1.807) is 6.07 Å². The minimum Gasteiger partial charge on any atom is -0.477 e. The maximum Gasteiger partial charge on any atom is 0.341 e. The van der Waals surface area contributed by atoms with Gasteiger partial charge in [0.05, 0.1) is 0 Å². The van der Waals surface area contributed by atoms with Crippen LogP contribution < -0.4 is 5.56 Å². The number of rotatable bonds is 2. The first-order valence-corrected chi connectivity index (χ1v) is 6.74. The summed E-state index contributed by atoms with van der Waals surface area (Å²) in [7, 11) is 0. The molecule has 1 aliphatic carbocycles. The quantitative estimate of drug-likeness (QED) is 0.880. The molecule has 1 aromatic heterocycles. The van der Waals surface area contributed by atoms with Crippen molar-refractivity contribution in [1.82, 2.24) is 4.98 Å². The molecule has 0 unspecified atom stereocenters. The number of benzene rings is 1. The molecule has 0 fully saturated rings. The predicted octanol–water partition coefficient (Wildman–Crippen LogP) is 2.62. The molecule has 4 heteroatoms. The summed E-state index contributed by atoms with van der Waals surface area (Å²) in [5.74, 6) is -1.21. The van der Waals surface area contributed by atoms with E-state index in [1.807, 2.05) is 6.07 Å². The van der Waals surface area contributed by atoms with E-state index in [0.29, 0.717) is 5.69 Å². The lowest BCUT2D eigenvalue weighted by Crippen LogP contribution is -2.17. The molecule has 4 nitrogen and oxygen atoms in total. The van der Waals surface area contributed by atoms with Gasteiger partial charge in [-0.05, 0) is 60.6 Å². The van der Waals surface area contributed by atoms with Gasteiger partial charge in [0.2, 0.25) is 0 Å². The van der Waals surface area contributed by atoms with Gasteiger partial charge in [-0.2, -0.15) is 0 Å². The van der Waals surface area contributed by atoms with E-state index in [9.17, 15) is 9.59 Å². The van der Waals surface area contributed by atoms with Crippen LogP contribution in [0.15, 0.2) is 35.1 Å². The first-order valence-electron chi connectivity index (χ1n) is 6.74. The molecule has 2 N–H and O–H groups in total. The van der Waals surface area contributed by atoms with Crippen LogP contribution in [-0.4, -0.2) is 16.1 Å². The van der Waals surface area contributed by atoms with Crippen LogP contribution in [-0.2, 0) is 12.8 Å².